The molecule has 0 aliphatic carbocycles. The molecule has 0 spiro atoms. The van der Waals surface area contributed by atoms with Crippen LogP contribution in [0.15, 0.2) is 48.5 Å². The molecule has 0 saturated heterocycles. The van der Waals surface area contributed by atoms with Gasteiger partial charge >= 0.3 is 0 Å². The number of aromatic nitrogens is 2. The lowest BCUT2D eigenvalue weighted by molar-refractivity contribution is 0.867. The number of nitrogens with zero attached hydrogens (tertiary/aromatic N) is 1. The molecule has 0 aliphatic heterocycles. The minimum Gasteiger partial charge on any atom is -0.326 e. The minimum atomic E-state index is 0.556. The van der Waals surface area contributed by atoms with Crippen LogP contribution in [-0.2, 0) is 0 Å². The van der Waals surface area contributed by atoms with Crippen molar-refractivity contribution in [3.63, 3.8) is 0 Å². The smallest absolute Gasteiger partial charge is 0.205 e. The Bertz CT molecular complexity index is 648. The summed E-state index contributed by atoms with van der Waals surface area (Å²) in [5.74, 6) is 1.33. The minimum absolute atomic E-state index is 0.556. The molecule has 3 nitrogen and oxygen atoms in total. The number of rotatable bonds is 3. The maximum absolute atomic E-state index is 4.50. The number of nitrogens with one attached hydrogen (secondary N) is 2. The van der Waals surface area contributed by atoms with Gasteiger partial charge in [-0.3, -0.25) is 0 Å². The Kier molecular flexibility index (Phi) is 2.95. The normalized spacial score (nSPS) is 11.1. The van der Waals surface area contributed by atoms with Crippen LogP contribution in [0.25, 0.3) is 11.0 Å². The van der Waals surface area contributed by atoms with E-state index in [2.05, 4.69) is 53.4 Å². The van der Waals surface area contributed by atoms with Gasteiger partial charge in [0.2, 0.25) is 5.95 Å². The molecule has 1 heterocycles. The number of hydrogen-bond acceptors (Lipinski definition) is 2. The molecule has 1 aromatic heterocycles. The van der Waals surface area contributed by atoms with Gasteiger partial charge in [-0.1, -0.05) is 38.1 Å². The second-order valence-electron chi connectivity index (χ2n) is 5.00. The third-order valence-corrected chi connectivity index (χ3v) is 3.23. The fourth-order valence-corrected chi connectivity index (χ4v) is 2.10. The Labute approximate surface area is 112 Å². The maximum Gasteiger partial charge on any atom is 0.205 e. The van der Waals surface area contributed by atoms with Gasteiger partial charge in [-0.05, 0) is 35.7 Å². The monoisotopic (exact) mass is 251 g/mol. The van der Waals surface area contributed by atoms with Gasteiger partial charge in [-0.2, -0.15) is 0 Å². The first-order chi connectivity index (χ1) is 9.22. The number of para-hydroxylation sites is 2. The summed E-state index contributed by atoms with van der Waals surface area (Å²) in [6, 6.07) is 16.5. The molecule has 2 aromatic carbocycles. The highest BCUT2D eigenvalue weighted by Gasteiger charge is 2.03. The summed E-state index contributed by atoms with van der Waals surface area (Å²) in [5.41, 5.74) is 4.41. The number of aromatic amines is 1. The predicted octanol–water partition coefficient (Wildman–Crippen LogP) is 4.43. The Morgan fingerprint density at radius 2 is 1.74 bits per heavy atom. The van der Waals surface area contributed by atoms with Gasteiger partial charge in [0.1, 0.15) is 0 Å². The third kappa shape index (κ3) is 2.45. The Balaban J connectivity index is 1.84. The van der Waals surface area contributed by atoms with Gasteiger partial charge in [0.15, 0.2) is 0 Å². The molecule has 3 rings (SSSR count). The number of anilines is 2. The molecular formula is C16H17N3. The van der Waals surface area contributed by atoms with Crippen molar-refractivity contribution in [2.75, 3.05) is 5.32 Å². The molecule has 0 unspecified atom stereocenters. The molecule has 96 valence electrons. The summed E-state index contributed by atoms with van der Waals surface area (Å²) in [6.45, 7) is 4.39. The van der Waals surface area contributed by atoms with E-state index < -0.39 is 0 Å². The molecule has 0 radical (unpaired) electrons. The Hall–Kier alpha value is -2.29. The first kappa shape index (κ1) is 11.8. The van der Waals surface area contributed by atoms with E-state index in [0.29, 0.717) is 5.92 Å². The maximum atomic E-state index is 4.50. The molecule has 3 aromatic rings. The lowest BCUT2D eigenvalue weighted by Crippen LogP contribution is -1.93. The first-order valence-electron chi connectivity index (χ1n) is 6.54. The van der Waals surface area contributed by atoms with E-state index >= 15 is 0 Å². The topological polar surface area (TPSA) is 40.7 Å². The summed E-state index contributed by atoms with van der Waals surface area (Å²) in [6.07, 6.45) is 0. The quantitative estimate of drug-likeness (QED) is 0.723. The number of hydrogen-bond donors (Lipinski definition) is 2. The van der Waals surface area contributed by atoms with E-state index in [9.17, 15) is 0 Å². The fourth-order valence-electron chi connectivity index (χ4n) is 2.10. The van der Waals surface area contributed by atoms with Crippen molar-refractivity contribution in [3.8, 4) is 0 Å². The van der Waals surface area contributed by atoms with Crippen LogP contribution >= 0.6 is 0 Å². The molecule has 0 amide bonds. The molecule has 0 atom stereocenters. The highest BCUT2D eigenvalue weighted by atomic mass is 15.1. The Morgan fingerprint density at radius 3 is 2.42 bits per heavy atom. The zero-order chi connectivity index (χ0) is 13.2. The largest absolute Gasteiger partial charge is 0.326 e. The molecule has 0 bridgehead atoms. The van der Waals surface area contributed by atoms with E-state index in [4.69, 9.17) is 0 Å². The van der Waals surface area contributed by atoms with Crippen LogP contribution in [0.5, 0.6) is 0 Å². The second-order valence-corrected chi connectivity index (χ2v) is 5.00. The van der Waals surface area contributed by atoms with Crippen molar-refractivity contribution in [1.29, 1.82) is 0 Å². The molecule has 3 heteroatoms. The van der Waals surface area contributed by atoms with Gasteiger partial charge in [0.25, 0.3) is 0 Å². The van der Waals surface area contributed by atoms with Crippen molar-refractivity contribution >= 4 is 22.7 Å². The zero-order valence-electron chi connectivity index (χ0n) is 11.1. The SMILES string of the molecule is CC(C)c1ccc(Nc2nc3ccccc3[nH]2)cc1. The van der Waals surface area contributed by atoms with Crippen LogP contribution in [0.1, 0.15) is 25.3 Å². The van der Waals surface area contributed by atoms with Gasteiger partial charge in [0, 0.05) is 5.69 Å². The molecule has 2 N–H and O–H groups in total. The Morgan fingerprint density at radius 1 is 1.00 bits per heavy atom. The van der Waals surface area contributed by atoms with Gasteiger partial charge in [0.05, 0.1) is 11.0 Å². The molecular weight excluding hydrogens is 234 g/mol. The molecule has 19 heavy (non-hydrogen) atoms. The van der Waals surface area contributed by atoms with Crippen LogP contribution in [0.4, 0.5) is 11.6 Å². The number of fused-ring (bicyclic) bond motifs is 1. The standard InChI is InChI=1S/C16H17N3/c1-11(2)12-7-9-13(10-8-12)17-16-18-14-5-3-4-6-15(14)19-16/h3-11H,1-2H3,(H2,17,18,19). The van der Waals surface area contributed by atoms with Crippen LogP contribution in [0.3, 0.4) is 0 Å². The van der Waals surface area contributed by atoms with Gasteiger partial charge < -0.3 is 10.3 Å². The number of benzene rings is 2. The lowest BCUT2D eigenvalue weighted by Gasteiger charge is -2.07. The summed E-state index contributed by atoms with van der Waals surface area (Å²) in [7, 11) is 0. The third-order valence-electron chi connectivity index (χ3n) is 3.23. The van der Waals surface area contributed by atoms with Gasteiger partial charge in [-0.15, -0.1) is 0 Å². The van der Waals surface area contributed by atoms with E-state index in [1.807, 2.05) is 24.3 Å². The van der Waals surface area contributed by atoms with E-state index in [1.165, 1.54) is 5.56 Å². The molecule has 0 fully saturated rings. The molecule has 0 aliphatic rings. The molecule has 0 saturated carbocycles. The predicted molar refractivity (Wildman–Crippen MR) is 79.9 cm³/mol. The van der Waals surface area contributed by atoms with Crippen molar-refractivity contribution in [2.24, 2.45) is 0 Å². The van der Waals surface area contributed by atoms with Crippen molar-refractivity contribution in [3.05, 3.63) is 54.1 Å². The number of imidazole rings is 1. The first-order valence-corrected chi connectivity index (χ1v) is 6.54. The van der Waals surface area contributed by atoms with Crippen LogP contribution in [0, 0.1) is 0 Å². The fraction of sp³-hybridized carbons (Fsp3) is 0.188. The average Bonchev–Trinajstić information content (AvgIpc) is 2.81. The average molecular weight is 251 g/mol. The highest BCUT2D eigenvalue weighted by Crippen LogP contribution is 2.20. The second kappa shape index (κ2) is 4.76. The van der Waals surface area contributed by atoms with Crippen LogP contribution in [0.2, 0.25) is 0 Å². The highest BCUT2D eigenvalue weighted by molar-refractivity contribution is 5.78. The van der Waals surface area contributed by atoms with Crippen molar-refractivity contribution in [1.82, 2.24) is 9.97 Å². The summed E-state index contributed by atoms with van der Waals surface area (Å²) in [4.78, 5) is 7.76. The van der Waals surface area contributed by atoms with Crippen molar-refractivity contribution < 1.29 is 0 Å². The number of H-pyrrole nitrogens is 1. The summed E-state index contributed by atoms with van der Waals surface area (Å²) in [5, 5.41) is 3.29. The van der Waals surface area contributed by atoms with E-state index in [1.54, 1.807) is 0 Å². The van der Waals surface area contributed by atoms with Crippen molar-refractivity contribution in [2.45, 2.75) is 19.8 Å². The summed E-state index contributed by atoms with van der Waals surface area (Å²) >= 11 is 0. The van der Waals surface area contributed by atoms with E-state index in [-0.39, 0.29) is 0 Å². The van der Waals surface area contributed by atoms with Crippen LogP contribution in [-0.4, -0.2) is 9.97 Å². The lowest BCUT2D eigenvalue weighted by atomic mass is 10.0. The van der Waals surface area contributed by atoms with E-state index in [0.717, 1.165) is 22.7 Å². The zero-order valence-corrected chi connectivity index (χ0v) is 11.1. The van der Waals surface area contributed by atoms with Crippen LogP contribution < -0.4 is 5.32 Å². The van der Waals surface area contributed by atoms with Gasteiger partial charge in [-0.25, -0.2) is 4.98 Å². The summed E-state index contributed by atoms with van der Waals surface area (Å²) < 4.78 is 0.